The summed E-state index contributed by atoms with van der Waals surface area (Å²) in [5, 5.41) is 15.1. The van der Waals surface area contributed by atoms with Crippen molar-refractivity contribution in [2.75, 3.05) is 33.8 Å². The molecule has 0 aromatic heterocycles. The number of esters is 1. The maximum absolute atomic E-state index is 13.9. The van der Waals surface area contributed by atoms with Gasteiger partial charge < -0.3 is 35.2 Å². The van der Waals surface area contributed by atoms with Gasteiger partial charge >= 0.3 is 5.97 Å². The quantitative estimate of drug-likeness (QED) is 0.362. The van der Waals surface area contributed by atoms with Crippen LogP contribution in [0.4, 0.5) is 0 Å². The monoisotopic (exact) mass is 609 g/mol. The van der Waals surface area contributed by atoms with Gasteiger partial charge in [-0.15, -0.1) is 0 Å². The molecule has 2 rings (SSSR count). The molecule has 7 atom stereocenters. The summed E-state index contributed by atoms with van der Waals surface area (Å²) in [5.41, 5.74) is 0. The Morgan fingerprint density at radius 2 is 1.60 bits per heavy atom. The summed E-state index contributed by atoms with van der Waals surface area (Å²) in [6.07, 6.45) is 0.0762. The number of hydrogen-bond acceptors (Lipinski definition) is 8. The number of ether oxygens (including phenoxy) is 1. The summed E-state index contributed by atoms with van der Waals surface area (Å²) >= 11 is 0. The minimum Gasteiger partial charge on any atom is -0.452 e. The molecule has 2 saturated heterocycles. The third-order valence-electron chi connectivity index (χ3n) is 8.68. The lowest BCUT2D eigenvalue weighted by molar-refractivity contribution is -0.162. The average molecular weight is 610 g/mol. The van der Waals surface area contributed by atoms with Crippen LogP contribution < -0.4 is 10.6 Å². The molecule has 0 radical (unpaired) electrons. The number of likely N-dealkylation sites (N-methyl/N-ethyl adjacent to an activating group) is 2. The predicted molar refractivity (Wildman–Crippen MR) is 158 cm³/mol. The van der Waals surface area contributed by atoms with Gasteiger partial charge in [-0.05, 0) is 43.9 Å². The number of amides is 5. The van der Waals surface area contributed by atoms with Gasteiger partial charge in [0.25, 0.3) is 5.91 Å². The molecule has 2 aliphatic rings. The van der Waals surface area contributed by atoms with Gasteiger partial charge in [0.2, 0.25) is 23.6 Å². The van der Waals surface area contributed by atoms with Gasteiger partial charge in [-0.25, -0.2) is 0 Å². The van der Waals surface area contributed by atoms with Crippen LogP contribution in [0.3, 0.4) is 0 Å². The minimum absolute atomic E-state index is 0.0532. The fourth-order valence-corrected chi connectivity index (χ4v) is 5.54. The summed E-state index contributed by atoms with van der Waals surface area (Å²) < 4.78 is 5.54. The first-order valence-electron chi connectivity index (χ1n) is 15.4. The van der Waals surface area contributed by atoms with Crippen LogP contribution in [0, 0.1) is 17.8 Å². The number of cyclic esters (lactones) is 1. The van der Waals surface area contributed by atoms with E-state index in [1.165, 1.54) is 28.8 Å². The summed E-state index contributed by atoms with van der Waals surface area (Å²) in [4.78, 5) is 84.6. The molecule has 3 N–H and O–H groups in total. The van der Waals surface area contributed by atoms with Crippen molar-refractivity contribution in [1.29, 1.82) is 0 Å². The SMILES string of the molecule is CC[C@H](C)[C@@H]1NC(=O)[C@@H]2CCCN2C(=O)[C@@H](CC(C)CO)OC(=O)CCNC(=O)[C@H](C)N(C)C(=O)C(C(C)C)N(C)C1=O. The Hall–Kier alpha value is -3.22. The number of aliphatic hydroxyl groups is 1. The molecule has 13 nitrogen and oxygen atoms in total. The van der Waals surface area contributed by atoms with Crippen molar-refractivity contribution < 1.29 is 38.6 Å². The van der Waals surface area contributed by atoms with Crippen molar-refractivity contribution in [3.63, 3.8) is 0 Å². The van der Waals surface area contributed by atoms with Gasteiger partial charge in [0.15, 0.2) is 6.10 Å². The first-order chi connectivity index (χ1) is 20.2. The van der Waals surface area contributed by atoms with Crippen LogP contribution in [-0.4, -0.2) is 119 Å². The zero-order valence-corrected chi connectivity index (χ0v) is 26.9. The smallest absolute Gasteiger partial charge is 0.308 e. The van der Waals surface area contributed by atoms with E-state index in [-0.39, 0.29) is 50.3 Å². The second-order valence-corrected chi connectivity index (χ2v) is 12.4. The van der Waals surface area contributed by atoms with E-state index in [2.05, 4.69) is 10.6 Å². The highest BCUT2D eigenvalue weighted by molar-refractivity contribution is 5.96. The fraction of sp³-hybridized carbons (Fsp3) is 0.800. The molecule has 0 aromatic carbocycles. The zero-order valence-electron chi connectivity index (χ0n) is 26.9. The first kappa shape index (κ1) is 36.0. The third kappa shape index (κ3) is 8.90. The summed E-state index contributed by atoms with van der Waals surface area (Å²) in [6.45, 7) is 10.6. The minimum atomic E-state index is -1.23. The van der Waals surface area contributed by atoms with Crippen LogP contribution in [0.1, 0.15) is 73.6 Å². The van der Waals surface area contributed by atoms with E-state index < -0.39 is 65.8 Å². The molecule has 2 heterocycles. The number of aliphatic hydroxyl groups excluding tert-OH is 1. The standard InChI is InChI=1S/C30H51N5O8/c1-9-19(5)24-29(41)34(8)25(17(2)3)30(42)33(7)20(6)26(38)31-13-12-23(37)43-22(15-18(4)16-36)28(40)35-14-10-11-21(35)27(39)32-24/h17-22,24-25,36H,9-16H2,1-8H3,(H,31,38)(H,32,39)/t18?,19-,20-,21-,22+,24-,25?/m0/s1. The summed E-state index contributed by atoms with van der Waals surface area (Å²) in [6, 6.07) is -3.66. The molecule has 0 saturated carbocycles. The average Bonchev–Trinajstić information content (AvgIpc) is 3.46. The van der Waals surface area contributed by atoms with E-state index >= 15 is 0 Å². The Kier molecular flexibility index (Phi) is 13.4. The largest absolute Gasteiger partial charge is 0.452 e. The van der Waals surface area contributed by atoms with Crippen molar-refractivity contribution in [3.8, 4) is 0 Å². The molecule has 2 unspecified atom stereocenters. The number of nitrogens with zero attached hydrogens (tertiary/aromatic N) is 3. The Labute approximate surface area is 255 Å². The summed E-state index contributed by atoms with van der Waals surface area (Å²) in [5.74, 6) is -4.09. The molecule has 2 fully saturated rings. The van der Waals surface area contributed by atoms with Crippen molar-refractivity contribution in [1.82, 2.24) is 25.3 Å². The highest BCUT2D eigenvalue weighted by Crippen LogP contribution is 2.24. The highest BCUT2D eigenvalue weighted by Gasteiger charge is 2.43. The Morgan fingerprint density at radius 1 is 0.953 bits per heavy atom. The van der Waals surface area contributed by atoms with Gasteiger partial charge in [0.1, 0.15) is 24.2 Å². The van der Waals surface area contributed by atoms with Crippen LogP contribution in [0.25, 0.3) is 0 Å². The van der Waals surface area contributed by atoms with Crippen LogP contribution in [-0.2, 0) is 33.5 Å². The molecule has 0 bridgehead atoms. The second-order valence-electron chi connectivity index (χ2n) is 12.4. The van der Waals surface area contributed by atoms with Crippen molar-refractivity contribution in [2.45, 2.75) is 104 Å². The Morgan fingerprint density at radius 3 is 2.19 bits per heavy atom. The van der Waals surface area contributed by atoms with E-state index in [1.54, 1.807) is 27.7 Å². The van der Waals surface area contributed by atoms with Gasteiger partial charge in [0.05, 0.1) is 6.42 Å². The third-order valence-corrected chi connectivity index (χ3v) is 8.68. The molecule has 0 aromatic rings. The highest BCUT2D eigenvalue weighted by atomic mass is 16.5. The van der Waals surface area contributed by atoms with Gasteiger partial charge in [-0.1, -0.05) is 41.0 Å². The van der Waals surface area contributed by atoms with Crippen molar-refractivity contribution >= 4 is 35.5 Å². The summed E-state index contributed by atoms with van der Waals surface area (Å²) in [7, 11) is 3.01. The lowest BCUT2D eigenvalue weighted by Gasteiger charge is -2.38. The van der Waals surface area contributed by atoms with Crippen LogP contribution in [0.5, 0.6) is 0 Å². The van der Waals surface area contributed by atoms with E-state index in [9.17, 15) is 33.9 Å². The van der Waals surface area contributed by atoms with Crippen molar-refractivity contribution in [2.24, 2.45) is 17.8 Å². The molecular weight excluding hydrogens is 558 g/mol. The molecule has 5 amide bonds. The van der Waals surface area contributed by atoms with E-state index in [0.717, 1.165) is 0 Å². The normalized spacial score (nSPS) is 28.9. The molecule has 0 spiro atoms. The number of carbonyl (C=O) groups excluding carboxylic acids is 6. The second kappa shape index (κ2) is 16.0. The Bertz CT molecular complexity index is 1040. The number of nitrogens with one attached hydrogen (secondary N) is 2. The number of hydrogen-bond donors (Lipinski definition) is 3. The van der Waals surface area contributed by atoms with Crippen LogP contribution in [0.2, 0.25) is 0 Å². The topological polar surface area (TPSA) is 166 Å². The van der Waals surface area contributed by atoms with E-state index in [0.29, 0.717) is 19.3 Å². The maximum atomic E-state index is 13.9. The van der Waals surface area contributed by atoms with Gasteiger partial charge in [0, 0.05) is 33.8 Å². The number of fused-ring (bicyclic) bond motifs is 1. The lowest BCUT2D eigenvalue weighted by Crippen LogP contribution is -2.60. The maximum Gasteiger partial charge on any atom is 0.308 e. The predicted octanol–water partition coefficient (Wildman–Crippen LogP) is 0.288. The van der Waals surface area contributed by atoms with Crippen LogP contribution >= 0.6 is 0 Å². The number of rotatable bonds is 6. The molecule has 0 aliphatic carbocycles. The molecule has 13 heteroatoms. The van der Waals surface area contributed by atoms with E-state index in [1.807, 2.05) is 13.8 Å². The fourth-order valence-electron chi connectivity index (χ4n) is 5.54. The Balaban J connectivity index is 2.54. The van der Waals surface area contributed by atoms with Crippen molar-refractivity contribution in [3.05, 3.63) is 0 Å². The molecule has 2 aliphatic heterocycles. The van der Waals surface area contributed by atoms with E-state index in [4.69, 9.17) is 4.74 Å². The molecular formula is C30H51N5O8. The zero-order chi connectivity index (χ0) is 32.6. The van der Waals surface area contributed by atoms with Gasteiger partial charge in [-0.2, -0.15) is 0 Å². The molecule has 43 heavy (non-hydrogen) atoms. The molecule has 244 valence electrons. The van der Waals surface area contributed by atoms with Gasteiger partial charge in [-0.3, -0.25) is 28.8 Å². The first-order valence-corrected chi connectivity index (χ1v) is 15.4. The number of carbonyl (C=O) groups is 6. The van der Waals surface area contributed by atoms with Crippen LogP contribution in [0.15, 0.2) is 0 Å². The lowest BCUT2D eigenvalue weighted by atomic mass is 9.94.